The van der Waals surface area contributed by atoms with Crippen LogP contribution < -0.4 is 5.32 Å². The number of likely N-dealkylation sites (N-methyl/N-ethyl adjacent to an activating group) is 1. The van der Waals surface area contributed by atoms with E-state index in [9.17, 15) is 0 Å². The van der Waals surface area contributed by atoms with Crippen molar-refractivity contribution < 1.29 is 4.52 Å². The number of pyridine rings is 1. The van der Waals surface area contributed by atoms with E-state index in [4.69, 9.17) is 4.52 Å². The maximum Gasteiger partial charge on any atom is 0.231 e. The summed E-state index contributed by atoms with van der Waals surface area (Å²) in [5.74, 6) is 1.74. The van der Waals surface area contributed by atoms with Crippen molar-refractivity contribution in [2.45, 2.75) is 31.2 Å². The van der Waals surface area contributed by atoms with Gasteiger partial charge in [-0.3, -0.25) is 4.98 Å². The predicted octanol–water partition coefficient (Wildman–Crippen LogP) is 1.99. The molecule has 0 amide bonds. The van der Waals surface area contributed by atoms with E-state index in [1.54, 1.807) is 12.4 Å². The van der Waals surface area contributed by atoms with Gasteiger partial charge in [-0.1, -0.05) is 11.6 Å². The van der Waals surface area contributed by atoms with Crippen molar-refractivity contribution in [3.05, 3.63) is 30.4 Å². The minimum atomic E-state index is 0.345. The number of rotatable bonds is 3. The van der Waals surface area contributed by atoms with Crippen LogP contribution in [0.4, 0.5) is 0 Å². The van der Waals surface area contributed by atoms with E-state index in [2.05, 4.69) is 20.4 Å². The normalized spacial score (nSPS) is 23.4. The third-order valence-electron chi connectivity index (χ3n) is 3.58. The Balaban J connectivity index is 1.86. The molecule has 2 atom stereocenters. The molecule has 1 aliphatic carbocycles. The highest BCUT2D eigenvalue weighted by Crippen LogP contribution is 2.34. The summed E-state index contributed by atoms with van der Waals surface area (Å²) in [7, 11) is 1.99. The first-order valence-electron chi connectivity index (χ1n) is 6.30. The van der Waals surface area contributed by atoms with Gasteiger partial charge in [-0.2, -0.15) is 4.98 Å². The van der Waals surface area contributed by atoms with Crippen LogP contribution in [0.1, 0.15) is 31.1 Å². The van der Waals surface area contributed by atoms with Crippen molar-refractivity contribution in [3.63, 3.8) is 0 Å². The van der Waals surface area contributed by atoms with Gasteiger partial charge in [0, 0.05) is 24.0 Å². The molecule has 0 bridgehead atoms. The summed E-state index contributed by atoms with van der Waals surface area (Å²) in [5, 5.41) is 7.38. The first kappa shape index (κ1) is 11.3. The molecule has 3 rings (SSSR count). The molecule has 0 spiro atoms. The van der Waals surface area contributed by atoms with E-state index < -0.39 is 0 Å². The smallest absolute Gasteiger partial charge is 0.231 e. The molecule has 18 heavy (non-hydrogen) atoms. The molecule has 2 aromatic heterocycles. The molecule has 2 heterocycles. The molecular weight excluding hydrogens is 228 g/mol. The van der Waals surface area contributed by atoms with Crippen LogP contribution in [0, 0.1) is 0 Å². The van der Waals surface area contributed by atoms with Crippen molar-refractivity contribution in [1.82, 2.24) is 20.4 Å². The molecule has 94 valence electrons. The standard InChI is InChI=1S/C13H16N4O/c1-14-11-4-2-3-10(11)13-16-12(17-18-13)9-5-7-15-8-6-9/h5-8,10-11,14H,2-4H2,1H3/t10-,11+/m1/s1. The SMILES string of the molecule is CN[C@H]1CCC[C@H]1c1nc(-c2ccncc2)no1. The van der Waals surface area contributed by atoms with Crippen LogP contribution in [-0.4, -0.2) is 28.2 Å². The Labute approximate surface area is 106 Å². The minimum absolute atomic E-state index is 0.345. The van der Waals surface area contributed by atoms with E-state index in [0.717, 1.165) is 17.9 Å². The lowest BCUT2D eigenvalue weighted by Gasteiger charge is -2.14. The highest BCUT2D eigenvalue weighted by molar-refractivity contribution is 5.52. The largest absolute Gasteiger partial charge is 0.339 e. The lowest BCUT2D eigenvalue weighted by atomic mass is 10.0. The van der Waals surface area contributed by atoms with Crippen LogP contribution in [0.5, 0.6) is 0 Å². The van der Waals surface area contributed by atoms with Crippen LogP contribution in [0.25, 0.3) is 11.4 Å². The van der Waals surface area contributed by atoms with Crippen molar-refractivity contribution >= 4 is 0 Å². The van der Waals surface area contributed by atoms with Crippen molar-refractivity contribution in [3.8, 4) is 11.4 Å². The second-order valence-corrected chi connectivity index (χ2v) is 4.62. The fourth-order valence-electron chi connectivity index (χ4n) is 2.61. The Morgan fingerprint density at radius 2 is 2.11 bits per heavy atom. The summed E-state index contributed by atoms with van der Waals surface area (Å²) in [6, 6.07) is 4.23. The van der Waals surface area contributed by atoms with Gasteiger partial charge >= 0.3 is 0 Å². The second-order valence-electron chi connectivity index (χ2n) is 4.62. The average molecular weight is 244 g/mol. The summed E-state index contributed by atoms with van der Waals surface area (Å²) in [5.41, 5.74) is 0.944. The van der Waals surface area contributed by atoms with Crippen molar-refractivity contribution in [2.75, 3.05) is 7.05 Å². The summed E-state index contributed by atoms with van der Waals surface area (Å²) >= 11 is 0. The van der Waals surface area contributed by atoms with E-state index in [0.29, 0.717) is 17.8 Å². The lowest BCUT2D eigenvalue weighted by Crippen LogP contribution is -2.27. The molecule has 5 nitrogen and oxygen atoms in total. The third kappa shape index (κ3) is 2.01. The molecule has 5 heteroatoms. The minimum Gasteiger partial charge on any atom is -0.339 e. The molecule has 0 radical (unpaired) electrons. The first-order valence-corrected chi connectivity index (χ1v) is 6.30. The van der Waals surface area contributed by atoms with Gasteiger partial charge in [0.05, 0.1) is 5.92 Å². The van der Waals surface area contributed by atoms with Gasteiger partial charge in [0.25, 0.3) is 0 Å². The van der Waals surface area contributed by atoms with Gasteiger partial charge in [-0.05, 0) is 32.0 Å². The molecule has 0 aliphatic heterocycles. The van der Waals surface area contributed by atoms with E-state index >= 15 is 0 Å². The Hall–Kier alpha value is -1.75. The van der Waals surface area contributed by atoms with Gasteiger partial charge < -0.3 is 9.84 Å². The van der Waals surface area contributed by atoms with Crippen molar-refractivity contribution in [2.24, 2.45) is 0 Å². The zero-order valence-electron chi connectivity index (χ0n) is 10.3. The average Bonchev–Trinajstić information content (AvgIpc) is 3.08. The maximum atomic E-state index is 5.41. The number of nitrogens with zero attached hydrogens (tertiary/aromatic N) is 3. The Morgan fingerprint density at radius 3 is 2.89 bits per heavy atom. The molecule has 1 aliphatic rings. The molecule has 1 saturated carbocycles. The Bertz CT molecular complexity index is 511. The molecule has 0 unspecified atom stereocenters. The van der Waals surface area contributed by atoms with E-state index in [-0.39, 0.29) is 0 Å². The summed E-state index contributed by atoms with van der Waals surface area (Å²) in [6.07, 6.45) is 6.97. The molecule has 1 fully saturated rings. The van der Waals surface area contributed by atoms with Gasteiger partial charge in [-0.25, -0.2) is 0 Å². The zero-order chi connectivity index (χ0) is 12.4. The van der Waals surface area contributed by atoms with Crippen LogP contribution in [0.3, 0.4) is 0 Å². The van der Waals surface area contributed by atoms with Crippen LogP contribution in [0.2, 0.25) is 0 Å². The van der Waals surface area contributed by atoms with Crippen LogP contribution in [-0.2, 0) is 0 Å². The van der Waals surface area contributed by atoms with Gasteiger partial charge in [0.2, 0.25) is 11.7 Å². The number of hydrogen-bond acceptors (Lipinski definition) is 5. The maximum absolute atomic E-state index is 5.41. The van der Waals surface area contributed by atoms with Gasteiger partial charge in [0.15, 0.2) is 0 Å². The molecular formula is C13H16N4O. The van der Waals surface area contributed by atoms with Crippen LogP contribution >= 0.6 is 0 Å². The monoisotopic (exact) mass is 244 g/mol. The topological polar surface area (TPSA) is 63.8 Å². The Kier molecular flexibility index (Phi) is 3.06. The number of nitrogens with one attached hydrogen (secondary N) is 1. The summed E-state index contributed by atoms with van der Waals surface area (Å²) in [6.45, 7) is 0. The molecule has 0 aromatic carbocycles. The quantitative estimate of drug-likeness (QED) is 0.894. The molecule has 0 saturated heterocycles. The van der Waals surface area contributed by atoms with Gasteiger partial charge in [-0.15, -0.1) is 0 Å². The van der Waals surface area contributed by atoms with E-state index in [1.807, 2.05) is 19.2 Å². The summed E-state index contributed by atoms with van der Waals surface area (Å²) < 4.78 is 5.41. The number of hydrogen-bond donors (Lipinski definition) is 1. The molecule has 1 N–H and O–H groups in total. The predicted molar refractivity (Wildman–Crippen MR) is 67.0 cm³/mol. The zero-order valence-corrected chi connectivity index (χ0v) is 10.3. The third-order valence-corrected chi connectivity index (χ3v) is 3.58. The first-order chi connectivity index (χ1) is 8.88. The van der Waals surface area contributed by atoms with Gasteiger partial charge in [0.1, 0.15) is 0 Å². The fraction of sp³-hybridized carbons (Fsp3) is 0.462. The molecule has 2 aromatic rings. The highest BCUT2D eigenvalue weighted by atomic mass is 16.5. The lowest BCUT2D eigenvalue weighted by molar-refractivity contribution is 0.335. The van der Waals surface area contributed by atoms with Crippen molar-refractivity contribution in [1.29, 1.82) is 0 Å². The Morgan fingerprint density at radius 1 is 1.28 bits per heavy atom. The highest BCUT2D eigenvalue weighted by Gasteiger charge is 2.31. The fourth-order valence-corrected chi connectivity index (χ4v) is 2.61. The van der Waals surface area contributed by atoms with Crippen LogP contribution in [0.15, 0.2) is 29.0 Å². The van der Waals surface area contributed by atoms with E-state index in [1.165, 1.54) is 12.8 Å². The number of aromatic nitrogens is 3. The summed E-state index contributed by atoms with van der Waals surface area (Å²) in [4.78, 5) is 8.50. The second kappa shape index (κ2) is 4.86.